The van der Waals surface area contributed by atoms with Crippen LogP contribution < -0.4 is 9.64 Å². The molecule has 0 saturated carbocycles. The van der Waals surface area contributed by atoms with Gasteiger partial charge < -0.3 is 19.5 Å². The molecule has 2 atom stereocenters. The van der Waals surface area contributed by atoms with Crippen molar-refractivity contribution in [3.8, 4) is 5.88 Å². The number of benzene rings is 1. The molecule has 0 spiro atoms. The van der Waals surface area contributed by atoms with E-state index < -0.39 is 12.1 Å². The molecule has 2 aromatic rings. The summed E-state index contributed by atoms with van der Waals surface area (Å²) in [7, 11) is 1.71. The molecule has 136 valence electrons. The SMILES string of the molecule is COC1CCN(c2ccc3c(n2)OC(O)C=C3c2ccc(F)cc2Cl)C1. The van der Waals surface area contributed by atoms with Gasteiger partial charge in [0.1, 0.15) is 11.6 Å². The van der Waals surface area contributed by atoms with Crippen LogP contribution in [0, 0.1) is 5.82 Å². The number of hydrogen-bond donors (Lipinski definition) is 1. The van der Waals surface area contributed by atoms with Gasteiger partial charge in [-0.25, -0.2) is 4.39 Å². The molecule has 1 fully saturated rings. The van der Waals surface area contributed by atoms with Crippen molar-refractivity contribution in [2.24, 2.45) is 0 Å². The van der Waals surface area contributed by atoms with Crippen LogP contribution in [0.2, 0.25) is 5.02 Å². The van der Waals surface area contributed by atoms with Crippen molar-refractivity contribution in [2.75, 3.05) is 25.1 Å². The summed E-state index contributed by atoms with van der Waals surface area (Å²) in [5.41, 5.74) is 1.99. The molecular weight excluding hydrogens is 359 g/mol. The molecule has 1 aromatic carbocycles. The predicted octanol–water partition coefficient (Wildman–Crippen LogP) is 3.24. The number of aliphatic hydroxyl groups excluding tert-OH is 1. The number of aliphatic hydroxyl groups is 1. The predicted molar refractivity (Wildman–Crippen MR) is 97.0 cm³/mol. The molecule has 3 heterocycles. The summed E-state index contributed by atoms with van der Waals surface area (Å²) < 4.78 is 24.3. The Hall–Kier alpha value is -2.15. The minimum Gasteiger partial charge on any atom is -0.444 e. The van der Waals surface area contributed by atoms with Crippen LogP contribution in [-0.4, -0.2) is 42.7 Å². The Bertz CT molecular complexity index is 874. The molecule has 0 bridgehead atoms. The Kier molecular flexibility index (Phi) is 4.56. The molecule has 1 N–H and O–H groups in total. The lowest BCUT2D eigenvalue weighted by atomic mass is 9.96. The van der Waals surface area contributed by atoms with E-state index in [4.69, 9.17) is 21.1 Å². The first-order chi connectivity index (χ1) is 12.5. The van der Waals surface area contributed by atoms with E-state index in [1.54, 1.807) is 19.3 Å². The van der Waals surface area contributed by atoms with Crippen molar-refractivity contribution < 1.29 is 19.0 Å². The summed E-state index contributed by atoms with van der Waals surface area (Å²) in [6.45, 7) is 1.61. The number of anilines is 1. The minimum absolute atomic E-state index is 0.188. The van der Waals surface area contributed by atoms with Gasteiger partial charge in [-0.15, -0.1) is 0 Å². The zero-order chi connectivity index (χ0) is 18.3. The van der Waals surface area contributed by atoms with E-state index in [0.717, 1.165) is 25.3 Å². The van der Waals surface area contributed by atoms with Crippen LogP contribution in [0.25, 0.3) is 5.57 Å². The maximum atomic E-state index is 13.4. The molecule has 1 saturated heterocycles. The zero-order valence-corrected chi connectivity index (χ0v) is 14.9. The lowest BCUT2D eigenvalue weighted by Gasteiger charge is -2.24. The smallest absolute Gasteiger partial charge is 0.226 e. The van der Waals surface area contributed by atoms with Crippen molar-refractivity contribution in [1.82, 2.24) is 4.98 Å². The van der Waals surface area contributed by atoms with Crippen LogP contribution >= 0.6 is 11.6 Å². The van der Waals surface area contributed by atoms with Gasteiger partial charge in [0, 0.05) is 31.3 Å². The molecular formula is C19H18ClFN2O3. The van der Waals surface area contributed by atoms with Gasteiger partial charge in [-0.05, 0) is 48.4 Å². The summed E-state index contributed by atoms with van der Waals surface area (Å²) in [5.74, 6) is 0.679. The van der Waals surface area contributed by atoms with Crippen molar-refractivity contribution in [3.63, 3.8) is 0 Å². The first-order valence-corrected chi connectivity index (χ1v) is 8.74. The highest BCUT2D eigenvalue weighted by Gasteiger charge is 2.27. The first kappa shape index (κ1) is 17.3. The van der Waals surface area contributed by atoms with E-state index in [-0.39, 0.29) is 11.1 Å². The summed E-state index contributed by atoms with van der Waals surface area (Å²) in [6, 6.07) is 7.96. The number of pyridine rings is 1. The second-order valence-corrected chi connectivity index (χ2v) is 6.73. The monoisotopic (exact) mass is 376 g/mol. The lowest BCUT2D eigenvalue weighted by Crippen LogP contribution is -2.25. The maximum Gasteiger partial charge on any atom is 0.226 e. The number of halogens is 2. The molecule has 7 heteroatoms. The van der Waals surface area contributed by atoms with Crippen LogP contribution in [0.5, 0.6) is 5.88 Å². The average Bonchev–Trinajstić information content (AvgIpc) is 3.10. The van der Waals surface area contributed by atoms with Crippen molar-refractivity contribution >= 4 is 23.0 Å². The summed E-state index contributed by atoms with van der Waals surface area (Å²) >= 11 is 6.20. The Morgan fingerprint density at radius 2 is 2.12 bits per heavy atom. The van der Waals surface area contributed by atoms with Crippen LogP contribution in [0.1, 0.15) is 17.5 Å². The number of methoxy groups -OCH3 is 1. The highest BCUT2D eigenvalue weighted by Crippen LogP contribution is 2.38. The summed E-state index contributed by atoms with van der Waals surface area (Å²) in [5, 5.41) is 10.3. The lowest BCUT2D eigenvalue weighted by molar-refractivity contribution is 0.0189. The topological polar surface area (TPSA) is 54.8 Å². The van der Waals surface area contributed by atoms with E-state index in [9.17, 15) is 9.50 Å². The van der Waals surface area contributed by atoms with E-state index in [2.05, 4.69) is 9.88 Å². The molecule has 2 aliphatic heterocycles. The van der Waals surface area contributed by atoms with Crippen LogP contribution in [-0.2, 0) is 4.74 Å². The highest BCUT2D eigenvalue weighted by molar-refractivity contribution is 6.32. The Balaban J connectivity index is 1.70. The fourth-order valence-electron chi connectivity index (χ4n) is 3.35. The third-order valence-corrected chi connectivity index (χ3v) is 5.01. The minimum atomic E-state index is -1.15. The molecule has 26 heavy (non-hydrogen) atoms. The molecule has 0 radical (unpaired) electrons. The number of hydrogen-bond acceptors (Lipinski definition) is 5. The van der Waals surface area contributed by atoms with E-state index in [1.807, 2.05) is 12.1 Å². The van der Waals surface area contributed by atoms with Crippen molar-refractivity contribution in [1.29, 1.82) is 0 Å². The molecule has 5 nitrogen and oxygen atoms in total. The summed E-state index contributed by atoms with van der Waals surface area (Å²) in [6.07, 6.45) is 1.52. The molecule has 2 aliphatic rings. The molecule has 2 unspecified atom stereocenters. The largest absolute Gasteiger partial charge is 0.444 e. The Morgan fingerprint density at radius 3 is 2.85 bits per heavy atom. The molecule has 0 aliphatic carbocycles. The maximum absolute atomic E-state index is 13.4. The van der Waals surface area contributed by atoms with Gasteiger partial charge in [0.05, 0.1) is 11.1 Å². The third-order valence-electron chi connectivity index (χ3n) is 4.70. The first-order valence-electron chi connectivity index (χ1n) is 8.36. The Morgan fingerprint density at radius 1 is 1.31 bits per heavy atom. The number of nitrogens with zero attached hydrogens (tertiary/aromatic N) is 2. The van der Waals surface area contributed by atoms with Gasteiger partial charge in [0.25, 0.3) is 0 Å². The van der Waals surface area contributed by atoms with Crippen molar-refractivity contribution in [2.45, 2.75) is 18.8 Å². The molecule has 1 aromatic heterocycles. The van der Waals surface area contributed by atoms with Gasteiger partial charge in [-0.3, -0.25) is 0 Å². The van der Waals surface area contributed by atoms with Crippen molar-refractivity contribution in [3.05, 3.63) is 58.4 Å². The fourth-order valence-corrected chi connectivity index (χ4v) is 3.62. The average molecular weight is 377 g/mol. The number of fused-ring (bicyclic) bond motifs is 1. The molecule has 0 amide bonds. The quantitative estimate of drug-likeness (QED) is 0.891. The van der Waals surface area contributed by atoms with Crippen LogP contribution in [0.3, 0.4) is 0 Å². The van der Waals surface area contributed by atoms with Gasteiger partial charge in [-0.2, -0.15) is 4.98 Å². The second kappa shape index (κ2) is 6.87. The van der Waals surface area contributed by atoms with Gasteiger partial charge in [-0.1, -0.05) is 11.6 Å². The second-order valence-electron chi connectivity index (χ2n) is 6.33. The zero-order valence-electron chi connectivity index (χ0n) is 14.2. The standard InChI is InChI=1S/C19H18ClFN2O3/c1-25-12-6-7-23(10-12)17-5-4-14-15(9-18(24)26-19(14)22-17)13-3-2-11(21)8-16(13)20/h2-5,8-9,12,18,24H,6-7,10H2,1H3. The summed E-state index contributed by atoms with van der Waals surface area (Å²) in [4.78, 5) is 6.69. The number of rotatable bonds is 3. The normalized spacial score (nSPS) is 22.0. The fraction of sp³-hybridized carbons (Fsp3) is 0.316. The van der Waals surface area contributed by atoms with Gasteiger partial charge in [0.15, 0.2) is 0 Å². The number of ether oxygens (including phenoxy) is 2. The van der Waals surface area contributed by atoms with Crippen LogP contribution in [0.4, 0.5) is 10.2 Å². The third kappa shape index (κ3) is 3.16. The van der Waals surface area contributed by atoms with E-state index >= 15 is 0 Å². The highest BCUT2D eigenvalue weighted by atomic mass is 35.5. The van der Waals surface area contributed by atoms with Gasteiger partial charge in [0.2, 0.25) is 12.2 Å². The van der Waals surface area contributed by atoms with Gasteiger partial charge >= 0.3 is 0 Å². The van der Waals surface area contributed by atoms with E-state index in [0.29, 0.717) is 22.6 Å². The molecule has 4 rings (SSSR count). The Labute approximate surface area is 155 Å². The van der Waals surface area contributed by atoms with Crippen LogP contribution in [0.15, 0.2) is 36.4 Å². The van der Waals surface area contributed by atoms with E-state index in [1.165, 1.54) is 12.1 Å². The number of aromatic nitrogens is 1.